The average Bonchev–Trinajstić information content (AvgIpc) is 3.24. The second-order valence-corrected chi connectivity index (χ2v) is 9.91. The first-order valence-electron chi connectivity index (χ1n) is 12.0. The minimum atomic E-state index is -0.263. The Morgan fingerprint density at radius 1 is 1.20 bits per heavy atom. The number of hydrogen-bond acceptors (Lipinski definition) is 6. The van der Waals surface area contributed by atoms with Crippen molar-refractivity contribution < 1.29 is 18.7 Å². The second-order valence-electron chi connectivity index (χ2n) is 8.83. The molecule has 0 unspecified atom stereocenters. The van der Waals surface area contributed by atoms with E-state index < -0.39 is 0 Å². The number of nitrogens with one attached hydrogen (secondary N) is 1. The third-order valence-electron chi connectivity index (χ3n) is 6.19. The molecule has 186 valence electrons. The molecule has 0 atom stereocenters. The van der Waals surface area contributed by atoms with Crippen LogP contribution in [0.4, 0.5) is 4.39 Å². The van der Waals surface area contributed by atoms with Crippen LogP contribution < -0.4 is 10.1 Å². The molecule has 0 aliphatic carbocycles. The summed E-state index contributed by atoms with van der Waals surface area (Å²) in [6.45, 7) is 5.38. The van der Waals surface area contributed by atoms with Gasteiger partial charge in [0.15, 0.2) is 0 Å². The normalized spacial score (nSPS) is 14.3. The highest BCUT2D eigenvalue weighted by Gasteiger charge is 2.18. The van der Waals surface area contributed by atoms with Crippen molar-refractivity contribution in [1.82, 2.24) is 15.2 Å². The summed E-state index contributed by atoms with van der Waals surface area (Å²) in [6, 6.07) is 14.7. The standard InChI is InChI=1S/C27H32FN3O3S/c1-19-26(35-25(30-19)17-20-6-8-22(28)9-7-20)27(32)29-18-21-4-3-5-24(16-21)34-15-12-31(2)23-10-13-33-14-11-23/h3-9,16,23H,10-15,17-18H2,1-2H3,(H,29,32). The predicted octanol–water partition coefficient (Wildman–Crippen LogP) is 4.60. The van der Waals surface area contributed by atoms with Gasteiger partial charge in [0.2, 0.25) is 0 Å². The van der Waals surface area contributed by atoms with Gasteiger partial charge >= 0.3 is 0 Å². The van der Waals surface area contributed by atoms with Crippen LogP contribution in [0, 0.1) is 12.7 Å². The lowest BCUT2D eigenvalue weighted by Crippen LogP contribution is -2.38. The van der Waals surface area contributed by atoms with Gasteiger partial charge in [0.1, 0.15) is 23.1 Å². The minimum absolute atomic E-state index is 0.144. The van der Waals surface area contributed by atoms with E-state index in [1.807, 2.05) is 31.2 Å². The topological polar surface area (TPSA) is 63.7 Å². The minimum Gasteiger partial charge on any atom is -0.492 e. The highest BCUT2D eigenvalue weighted by molar-refractivity contribution is 7.13. The van der Waals surface area contributed by atoms with E-state index in [1.165, 1.54) is 23.5 Å². The number of ether oxygens (including phenoxy) is 2. The van der Waals surface area contributed by atoms with E-state index in [2.05, 4.69) is 22.2 Å². The van der Waals surface area contributed by atoms with E-state index in [1.54, 1.807) is 12.1 Å². The zero-order valence-electron chi connectivity index (χ0n) is 20.3. The molecule has 2 heterocycles. The summed E-state index contributed by atoms with van der Waals surface area (Å²) in [5.41, 5.74) is 2.64. The molecular weight excluding hydrogens is 465 g/mol. The monoisotopic (exact) mass is 497 g/mol. The van der Waals surface area contributed by atoms with E-state index in [0.29, 0.717) is 36.2 Å². The van der Waals surface area contributed by atoms with Gasteiger partial charge in [0.25, 0.3) is 5.91 Å². The number of hydrogen-bond donors (Lipinski definition) is 1. The molecule has 1 aliphatic heterocycles. The zero-order valence-corrected chi connectivity index (χ0v) is 21.1. The third-order valence-corrected chi connectivity index (χ3v) is 7.35. The van der Waals surface area contributed by atoms with Crippen LogP contribution in [0.1, 0.15) is 44.3 Å². The molecule has 1 aliphatic rings. The summed E-state index contributed by atoms with van der Waals surface area (Å²) in [4.78, 5) is 20.3. The summed E-state index contributed by atoms with van der Waals surface area (Å²) in [7, 11) is 2.14. The Bertz CT molecular complexity index is 1110. The Morgan fingerprint density at radius 3 is 2.74 bits per heavy atom. The molecule has 3 aromatic rings. The maximum Gasteiger partial charge on any atom is 0.263 e. The number of aromatic nitrogens is 1. The van der Waals surface area contributed by atoms with Crippen molar-refractivity contribution in [1.29, 1.82) is 0 Å². The molecule has 1 N–H and O–H groups in total. The predicted molar refractivity (Wildman–Crippen MR) is 136 cm³/mol. The molecule has 35 heavy (non-hydrogen) atoms. The van der Waals surface area contributed by atoms with E-state index in [9.17, 15) is 9.18 Å². The van der Waals surface area contributed by atoms with Crippen LogP contribution in [-0.2, 0) is 17.7 Å². The maximum absolute atomic E-state index is 13.1. The van der Waals surface area contributed by atoms with Crippen LogP contribution in [0.5, 0.6) is 5.75 Å². The van der Waals surface area contributed by atoms with Crippen molar-refractivity contribution in [3.05, 3.63) is 81.1 Å². The summed E-state index contributed by atoms with van der Waals surface area (Å²) < 4.78 is 24.5. The van der Waals surface area contributed by atoms with Crippen molar-refractivity contribution in [3.8, 4) is 5.75 Å². The van der Waals surface area contributed by atoms with E-state index in [0.717, 1.165) is 54.5 Å². The first kappa shape index (κ1) is 25.3. The van der Waals surface area contributed by atoms with E-state index in [4.69, 9.17) is 9.47 Å². The van der Waals surface area contributed by atoms with Crippen LogP contribution in [0.3, 0.4) is 0 Å². The maximum atomic E-state index is 13.1. The number of benzene rings is 2. The number of carbonyl (C=O) groups excluding carboxylic acids is 1. The fraction of sp³-hybridized carbons (Fsp3) is 0.407. The van der Waals surface area contributed by atoms with Gasteiger partial charge in [0.05, 0.1) is 10.7 Å². The van der Waals surface area contributed by atoms with Gasteiger partial charge in [-0.2, -0.15) is 0 Å². The fourth-order valence-electron chi connectivity index (χ4n) is 4.14. The van der Waals surface area contributed by atoms with Crippen LogP contribution in [-0.4, -0.2) is 55.2 Å². The molecular formula is C27H32FN3O3S. The first-order chi connectivity index (χ1) is 17.0. The van der Waals surface area contributed by atoms with Crippen molar-refractivity contribution in [2.24, 2.45) is 0 Å². The van der Waals surface area contributed by atoms with Gasteiger partial charge in [-0.1, -0.05) is 24.3 Å². The van der Waals surface area contributed by atoms with E-state index >= 15 is 0 Å². The van der Waals surface area contributed by atoms with Crippen molar-refractivity contribution >= 4 is 17.2 Å². The van der Waals surface area contributed by atoms with Gasteiger partial charge in [-0.3, -0.25) is 9.69 Å². The number of halogens is 1. The zero-order chi connectivity index (χ0) is 24.6. The van der Waals surface area contributed by atoms with Crippen LogP contribution in [0.2, 0.25) is 0 Å². The molecule has 1 fully saturated rings. The summed E-state index contributed by atoms with van der Waals surface area (Å²) >= 11 is 1.38. The second kappa shape index (κ2) is 12.2. The lowest BCUT2D eigenvalue weighted by molar-refractivity contribution is 0.0392. The van der Waals surface area contributed by atoms with Gasteiger partial charge in [0, 0.05) is 38.8 Å². The average molecular weight is 498 g/mol. The van der Waals surface area contributed by atoms with Crippen LogP contribution in [0.25, 0.3) is 0 Å². The molecule has 8 heteroatoms. The van der Waals surface area contributed by atoms with Crippen LogP contribution in [0.15, 0.2) is 48.5 Å². The molecule has 0 radical (unpaired) electrons. The largest absolute Gasteiger partial charge is 0.492 e. The van der Waals surface area contributed by atoms with Crippen molar-refractivity contribution in [3.63, 3.8) is 0 Å². The SMILES string of the molecule is Cc1nc(Cc2ccc(F)cc2)sc1C(=O)NCc1cccc(OCCN(C)C2CCOCC2)c1. The van der Waals surface area contributed by atoms with Gasteiger partial charge in [-0.15, -0.1) is 11.3 Å². The number of carbonyl (C=O) groups is 1. The Balaban J connectivity index is 1.26. The number of likely N-dealkylation sites (N-methyl/N-ethyl adjacent to an activating group) is 1. The molecule has 6 nitrogen and oxygen atoms in total. The van der Waals surface area contributed by atoms with E-state index in [-0.39, 0.29) is 11.7 Å². The van der Waals surface area contributed by atoms with Crippen molar-refractivity contribution in [2.45, 2.75) is 38.8 Å². The molecule has 2 aromatic carbocycles. The van der Waals surface area contributed by atoms with Crippen molar-refractivity contribution in [2.75, 3.05) is 33.4 Å². The summed E-state index contributed by atoms with van der Waals surface area (Å²) in [5.74, 6) is 0.392. The molecule has 1 amide bonds. The first-order valence-corrected chi connectivity index (χ1v) is 12.8. The Labute approximate surface area is 210 Å². The van der Waals surface area contributed by atoms with Gasteiger partial charge in [-0.05, 0) is 62.2 Å². The lowest BCUT2D eigenvalue weighted by Gasteiger charge is -2.31. The lowest BCUT2D eigenvalue weighted by atomic mass is 10.1. The quantitative estimate of drug-likeness (QED) is 0.444. The molecule has 1 aromatic heterocycles. The Morgan fingerprint density at radius 2 is 1.97 bits per heavy atom. The number of thiazole rings is 1. The highest BCUT2D eigenvalue weighted by Crippen LogP contribution is 2.22. The summed E-state index contributed by atoms with van der Waals surface area (Å²) in [6.07, 6.45) is 2.71. The third kappa shape index (κ3) is 7.34. The molecule has 0 saturated carbocycles. The van der Waals surface area contributed by atoms with Crippen LogP contribution >= 0.6 is 11.3 Å². The molecule has 1 saturated heterocycles. The molecule has 4 rings (SSSR count). The van der Waals surface area contributed by atoms with Gasteiger partial charge in [-0.25, -0.2) is 9.37 Å². The van der Waals surface area contributed by atoms with Gasteiger partial charge < -0.3 is 14.8 Å². The number of rotatable bonds is 10. The number of aryl methyl sites for hydroxylation is 1. The Kier molecular flexibility index (Phi) is 8.84. The smallest absolute Gasteiger partial charge is 0.263 e. The highest BCUT2D eigenvalue weighted by atomic mass is 32.1. The Hall–Kier alpha value is -2.81. The number of amides is 1. The molecule has 0 bridgehead atoms. The summed E-state index contributed by atoms with van der Waals surface area (Å²) in [5, 5.41) is 3.83. The molecule has 0 spiro atoms. The fourth-order valence-corrected chi connectivity index (χ4v) is 5.15. The number of nitrogens with zero attached hydrogens (tertiary/aromatic N) is 2.